The van der Waals surface area contributed by atoms with Crippen LogP contribution in [0, 0.1) is 0 Å². The predicted octanol–water partition coefficient (Wildman–Crippen LogP) is 5.18. The summed E-state index contributed by atoms with van der Waals surface area (Å²) in [6, 6.07) is 0. The van der Waals surface area contributed by atoms with Crippen LogP contribution in [-0.4, -0.2) is 27.6 Å². The summed E-state index contributed by atoms with van der Waals surface area (Å²) in [4.78, 5) is 1.66. The van der Waals surface area contributed by atoms with Crippen molar-refractivity contribution in [1.82, 2.24) is 4.90 Å². The van der Waals surface area contributed by atoms with Crippen LogP contribution in [0.4, 0.5) is 0 Å². The van der Waals surface area contributed by atoms with Crippen LogP contribution in [0.3, 0.4) is 0 Å². The third kappa shape index (κ3) is 11.1. The fourth-order valence-corrected chi connectivity index (χ4v) is 2.59. The molecule has 0 aliphatic heterocycles. The Morgan fingerprint density at radius 1 is 0.727 bits per heavy atom. The summed E-state index contributed by atoms with van der Waals surface area (Å²) in [6.07, 6.45) is 17.1. The average Bonchev–Trinajstić information content (AvgIpc) is 2.54. The van der Waals surface area contributed by atoms with Gasteiger partial charge in [0.15, 0.2) is 0 Å². The Morgan fingerprint density at radius 3 is 1.64 bits per heavy atom. The molecule has 0 heterocycles. The van der Waals surface area contributed by atoms with E-state index >= 15 is 0 Å². The molecule has 0 amide bonds. The van der Waals surface area contributed by atoms with E-state index < -0.39 is 12.5 Å². The van der Waals surface area contributed by atoms with Gasteiger partial charge in [-0.2, -0.15) is 0 Å². The van der Waals surface area contributed by atoms with Crippen molar-refractivity contribution in [2.75, 3.05) is 0 Å². The molecule has 3 nitrogen and oxygen atoms in total. The lowest BCUT2D eigenvalue weighted by Crippen LogP contribution is -2.38. The fourth-order valence-electron chi connectivity index (χ4n) is 2.59. The summed E-state index contributed by atoms with van der Waals surface area (Å²) >= 11 is 0. The van der Waals surface area contributed by atoms with Crippen LogP contribution < -0.4 is 0 Å². The molecule has 22 heavy (non-hydrogen) atoms. The zero-order valence-corrected chi connectivity index (χ0v) is 15.1. The first-order chi connectivity index (χ1) is 10.7. The number of hydrogen-bond acceptors (Lipinski definition) is 3. The van der Waals surface area contributed by atoms with Crippen LogP contribution in [0.5, 0.6) is 0 Å². The molecule has 0 rings (SSSR count). The smallest absolute Gasteiger partial charge is 0.128 e. The standard InChI is InChI=1S/C19H39NO2/c1-4-7-8-9-10-11-12-13-14-15-16-17-20(18(21)5-2)19(22)6-3/h16-19,21-22H,4-15H2,1-3H3. The summed E-state index contributed by atoms with van der Waals surface area (Å²) in [5.41, 5.74) is 0. The molecule has 0 bridgehead atoms. The van der Waals surface area contributed by atoms with Gasteiger partial charge >= 0.3 is 0 Å². The second kappa shape index (κ2) is 15.4. The van der Waals surface area contributed by atoms with Gasteiger partial charge < -0.3 is 15.1 Å². The van der Waals surface area contributed by atoms with Crippen molar-refractivity contribution in [2.45, 2.75) is 110 Å². The number of hydrogen-bond donors (Lipinski definition) is 2. The van der Waals surface area contributed by atoms with Gasteiger partial charge in [-0.25, -0.2) is 0 Å². The summed E-state index contributed by atoms with van der Waals surface area (Å²) in [5.74, 6) is 0. The minimum atomic E-state index is -0.589. The summed E-state index contributed by atoms with van der Waals surface area (Å²) in [7, 11) is 0. The van der Waals surface area contributed by atoms with E-state index in [0.29, 0.717) is 12.8 Å². The first-order valence-corrected chi connectivity index (χ1v) is 9.47. The Bertz CT molecular complexity index is 246. The first-order valence-electron chi connectivity index (χ1n) is 9.47. The van der Waals surface area contributed by atoms with Crippen LogP contribution in [-0.2, 0) is 0 Å². The van der Waals surface area contributed by atoms with Gasteiger partial charge in [0.05, 0.1) is 0 Å². The maximum Gasteiger partial charge on any atom is 0.128 e. The van der Waals surface area contributed by atoms with Crippen molar-refractivity contribution in [3.8, 4) is 0 Å². The Hall–Kier alpha value is -0.540. The molecular formula is C19H39NO2. The van der Waals surface area contributed by atoms with Gasteiger partial charge in [-0.1, -0.05) is 78.2 Å². The molecule has 3 heteroatoms. The zero-order valence-electron chi connectivity index (χ0n) is 15.1. The van der Waals surface area contributed by atoms with E-state index in [2.05, 4.69) is 13.0 Å². The molecule has 132 valence electrons. The van der Waals surface area contributed by atoms with Crippen molar-refractivity contribution >= 4 is 0 Å². The molecule has 0 aromatic heterocycles. The highest BCUT2D eigenvalue weighted by Gasteiger charge is 2.15. The molecule has 0 saturated heterocycles. The van der Waals surface area contributed by atoms with Crippen LogP contribution in [0.25, 0.3) is 0 Å². The van der Waals surface area contributed by atoms with Gasteiger partial charge in [0.25, 0.3) is 0 Å². The zero-order chi connectivity index (χ0) is 16.6. The van der Waals surface area contributed by atoms with Crippen molar-refractivity contribution in [3.63, 3.8) is 0 Å². The number of unbranched alkanes of at least 4 members (excludes halogenated alkanes) is 9. The average molecular weight is 314 g/mol. The number of rotatable bonds is 15. The second-order valence-corrected chi connectivity index (χ2v) is 6.23. The normalized spacial score (nSPS) is 14.4. The first kappa shape index (κ1) is 21.5. The van der Waals surface area contributed by atoms with E-state index in [9.17, 15) is 10.2 Å². The van der Waals surface area contributed by atoms with Gasteiger partial charge in [0.1, 0.15) is 12.5 Å². The van der Waals surface area contributed by atoms with Gasteiger partial charge in [-0.3, -0.25) is 0 Å². The lowest BCUT2D eigenvalue weighted by Gasteiger charge is -2.30. The molecule has 2 N–H and O–H groups in total. The molecule has 0 aromatic carbocycles. The second-order valence-electron chi connectivity index (χ2n) is 6.23. The molecule has 0 aliphatic carbocycles. The van der Waals surface area contributed by atoms with Crippen LogP contribution in [0.1, 0.15) is 97.8 Å². The van der Waals surface area contributed by atoms with Crippen molar-refractivity contribution in [3.05, 3.63) is 12.3 Å². The van der Waals surface area contributed by atoms with Crippen LogP contribution >= 0.6 is 0 Å². The largest absolute Gasteiger partial charge is 0.374 e. The van der Waals surface area contributed by atoms with E-state index in [4.69, 9.17) is 0 Å². The van der Waals surface area contributed by atoms with Gasteiger partial charge in [-0.05, 0) is 25.7 Å². The molecule has 0 aliphatic rings. The maximum absolute atomic E-state index is 9.90. The molecule has 0 spiro atoms. The number of aliphatic hydroxyl groups is 2. The third-order valence-corrected chi connectivity index (χ3v) is 4.17. The third-order valence-electron chi connectivity index (χ3n) is 4.17. The van der Waals surface area contributed by atoms with Gasteiger partial charge in [0.2, 0.25) is 0 Å². The van der Waals surface area contributed by atoms with E-state index in [1.165, 1.54) is 57.8 Å². The highest BCUT2D eigenvalue weighted by atomic mass is 16.3. The summed E-state index contributed by atoms with van der Waals surface area (Å²) in [6.45, 7) is 6.11. The maximum atomic E-state index is 9.90. The van der Waals surface area contributed by atoms with E-state index in [1.807, 2.05) is 20.0 Å². The Kier molecular flexibility index (Phi) is 15.0. The van der Waals surface area contributed by atoms with Crippen LogP contribution in [0.2, 0.25) is 0 Å². The topological polar surface area (TPSA) is 43.7 Å². The van der Waals surface area contributed by atoms with Crippen LogP contribution in [0.15, 0.2) is 12.3 Å². The Morgan fingerprint density at radius 2 is 1.18 bits per heavy atom. The lowest BCUT2D eigenvalue weighted by molar-refractivity contribution is -0.0725. The molecular weight excluding hydrogens is 274 g/mol. The summed E-state index contributed by atoms with van der Waals surface area (Å²) in [5, 5.41) is 19.8. The SMILES string of the molecule is CCCCCCCCCCCC=CN(C(O)CC)C(O)CC. The summed E-state index contributed by atoms with van der Waals surface area (Å²) < 4.78 is 0. The quantitative estimate of drug-likeness (QED) is 0.323. The molecule has 0 saturated carbocycles. The minimum Gasteiger partial charge on any atom is -0.374 e. The van der Waals surface area contributed by atoms with Gasteiger partial charge in [0, 0.05) is 6.20 Å². The van der Waals surface area contributed by atoms with E-state index in [0.717, 1.165) is 6.42 Å². The minimum absolute atomic E-state index is 0.589. The number of aliphatic hydroxyl groups excluding tert-OH is 2. The Labute approximate surface area is 138 Å². The predicted molar refractivity (Wildman–Crippen MR) is 95.4 cm³/mol. The highest BCUT2D eigenvalue weighted by Crippen LogP contribution is 2.12. The van der Waals surface area contributed by atoms with Crippen molar-refractivity contribution < 1.29 is 10.2 Å². The molecule has 2 atom stereocenters. The van der Waals surface area contributed by atoms with Crippen molar-refractivity contribution in [1.29, 1.82) is 0 Å². The van der Waals surface area contributed by atoms with E-state index in [1.54, 1.807) is 4.90 Å². The fraction of sp³-hybridized carbons (Fsp3) is 0.895. The van der Waals surface area contributed by atoms with Crippen molar-refractivity contribution in [2.24, 2.45) is 0 Å². The lowest BCUT2D eigenvalue weighted by atomic mass is 10.1. The molecule has 0 fully saturated rings. The molecule has 0 radical (unpaired) electrons. The van der Waals surface area contributed by atoms with E-state index in [-0.39, 0.29) is 0 Å². The monoisotopic (exact) mass is 313 g/mol. The Balaban J connectivity index is 3.66. The van der Waals surface area contributed by atoms with Gasteiger partial charge in [-0.15, -0.1) is 0 Å². The number of nitrogens with zero attached hydrogens (tertiary/aromatic N) is 1. The molecule has 0 aromatic rings. The number of allylic oxidation sites excluding steroid dienone is 1. The highest BCUT2D eigenvalue weighted by molar-refractivity contribution is 4.85. The molecule has 2 unspecified atom stereocenters.